The van der Waals surface area contributed by atoms with Gasteiger partial charge in [-0.15, -0.1) is 11.6 Å². The summed E-state index contributed by atoms with van der Waals surface area (Å²) in [5, 5.41) is 0. The van der Waals surface area contributed by atoms with Gasteiger partial charge in [-0.25, -0.2) is 9.37 Å². The summed E-state index contributed by atoms with van der Waals surface area (Å²) in [5.74, 6) is 2.08. The summed E-state index contributed by atoms with van der Waals surface area (Å²) < 4.78 is 15.8. The molecule has 0 spiro atoms. The molecule has 0 bridgehead atoms. The summed E-state index contributed by atoms with van der Waals surface area (Å²) in [5.41, 5.74) is 1.80. The molecule has 20 heavy (non-hydrogen) atoms. The Bertz CT molecular complexity index is 608. The van der Waals surface area contributed by atoms with E-state index in [1.165, 1.54) is 18.9 Å². The van der Waals surface area contributed by atoms with Gasteiger partial charge in [-0.05, 0) is 37.0 Å². The second-order valence-corrected chi connectivity index (χ2v) is 6.27. The van der Waals surface area contributed by atoms with Crippen molar-refractivity contribution in [2.75, 3.05) is 5.88 Å². The quantitative estimate of drug-likeness (QED) is 0.750. The molecule has 1 fully saturated rings. The zero-order valence-corrected chi connectivity index (χ0v) is 12.5. The Morgan fingerprint density at radius 2 is 2.25 bits per heavy atom. The highest BCUT2D eigenvalue weighted by Gasteiger charge is 2.24. The molecule has 1 aliphatic rings. The van der Waals surface area contributed by atoms with Crippen LogP contribution >= 0.6 is 11.6 Å². The SMILES string of the molecule is CC1CCCC(n2c(CCCl)nc3ccc(F)cc32)C1. The molecular formula is C16H20ClFN2. The highest BCUT2D eigenvalue weighted by atomic mass is 35.5. The lowest BCUT2D eigenvalue weighted by Crippen LogP contribution is -2.19. The third kappa shape index (κ3) is 2.56. The molecule has 0 saturated heterocycles. The number of hydrogen-bond acceptors (Lipinski definition) is 1. The summed E-state index contributed by atoms with van der Waals surface area (Å²) in [6.07, 6.45) is 5.57. The fourth-order valence-corrected chi connectivity index (χ4v) is 3.59. The molecule has 1 aliphatic carbocycles. The van der Waals surface area contributed by atoms with Crippen molar-refractivity contribution in [3.05, 3.63) is 29.8 Å². The normalized spacial score (nSPS) is 23.4. The lowest BCUT2D eigenvalue weighted by Gasteiger charge is -2.29. The number of aromatic nitrogens is 2. The van der Waals surface area contributed by atoms with Crippen LogP contribution in [0.25, 0.3) is 11.0 Å². The summed E-state index contributed by atoms with van der Waals surface area (Å²) in [7, 11) is 0. The van der Waals surface area contributed by atoms with E-state index in [1.807, 2.05) is 0 Å². The van der Waals surface area contributed by atoms with Gasteiger partial charge in [0.1, 0.15) is 11.6 Å². The van der Waals surface area contributed by atoms with Gasteiger partial charge in [-0.3, -0.25) is 0 Å². The lowest BCUT2D eigenvalue weighted by molar-refractivity contribution is 0.282. The van der Waals surface area contributed by atoms with Crippen LogP contribution in [0.2, 0.25) is 0 Å². The minimum absolute atomic E-state index is 0.195. The van der Waals surface area contributed by atoms with Crippen LogP contribution < -0.4 is 0 Å². The van der Waals surface area contributed by atoms with Crippen LogP contribution in [-0.4, -0.2) is 15.4 Å². The van der Waals surface area contributed by atoms with Gasteiger partial charge in [0.15, 0.2) is 0 Å². The second kappa shape index (κ2) is 5.72. The highest BCUT2D eigenvalue weighted by Crippen LogP contribution is 2.35. The Labute approximate surface area is 123 Å². The zero-order valence-electron chi connectivity index (χ0n) is 11.8. The van der Waals surface area contributed by atoms with Gasteiger partial charge >= 0.3 is 0 Å². The molecular weight excluding hydrogens is 275 g/mol. The number of benzene rings is 1. The van der Waals surface area contributed by atoms with E-state index in [4.69, 9.17) is 11.6 Å². The van der Waals surface area contributed by atoms with Crippen molar-refractivity contribution in [1.82, 2.24) is 9.55 Å². The number of alkyl halides is 1. The van der Waals surface area contributed by atoms with Crippen LogP contribution in [-0.2, 0) is 6.42 Å². The minimum Gasteiger partial charge on any atom is -0.325 e. The van der Waals surface area contributed by atoms with Crippen LogP contribution in [0.3, 0.4) is 0 Å². The molecule has 0 amide bonds. The third-order valence-electron chi connectivity index (χ3n) is 4.32. The van der Waals surface area contributed by atoms with Crippen molar-refractivity contribution < 1.29 is 4.39 Å². The van der Waals surface area contributed by atoms with Crippen LogP contribution in [0.15, 0.2) is 18.2 Å². The van der Waals surface area contributed by atoms with Gasteiger partial charge in [0.05, 0.1) is 11.0 Å². The van der Waals surface area contributed by atoms with E-state index in [0.717, 1.165) is 42.0 Å². The molecule has 3 rings (SSSR count). The van der Waals surface area contributed by atoms with Crippen molar-refractivity contribution in [3.8, 4) is 0 Å². The van der Waals surface area contributed by atoms with Crippen molar-refractivity contribution in [3.63, 3.8) is 0 Å². The topological polar surface area (TPSA) is 17.8 Å². The van der Waals surface area contributed by atoms with Gasteiger partial charge in [-0.1, -0.05) is 19.8 Å². The Morgan fingerprint density at radius 3 is 3.00 bits per heavy atom. The van der Waals surface area contributed by atoms with E-state index in [0.29, 0.717) is 11.9 Å². The van der Waals surface area contributed by atoms with Gasteiger partial charge in [0.2, 0.25) is 0 Å². The Kier molecular flexibility index (Phi) is 3.97. The van der Waals surface area contributed by atoms with Crippen molar-refractivity contribution in [2.45, 2.75) is 45.1 Å². The average molecular weight is 295 g/mol. The molecule has 1 heterocycles. The standard InChI is InChI=1S/C16H20ClFN2/c1-11-3-2-4-13(9-11)20-15-10-12(18)5-6-14(15)19-16(20)7-8-17/h5-6,10-11,13H,2-4,7-9H2,1H3. The van der Waals surface area contributed by atoms with Crippen LogP contribution in [0, 0.1) is 11.7 Å². The van der Waals surface area contributed by atoms with Crippen LogP contribution in [0.4, 0.5) is 4.39 Å². The highest BCUT2D eigenvalue weighted by molar-refractivity contribution is 6.17. The predicted octanol–water partition coefficient (Wildman–Crippen LogP) is 4.71. The lowest BCUT2D eigenvalue weighted by atomic mass is 9.87. The summed E-state index contributed by atoms with van der Waals surface area (Å²) in [6.45, 7) is 2.30. The minimum atomic E-state index is -0.195. The maximum Gasteiger partial charge on any atom is 0.125 e. The van der Waals surface area contributed by atoms with E-state index >= 15 is 0 Å². The maximum atomic E-state index is 13.6. The third-order valence-corrected chi connectivity index (χ3v) is 4.51. The zero-order chi connectivity index (χ0) is 14.1. The van der Waals surface area contributed by atoms with Crippen molar-refractivity contribution >= 4 is 22.6 Å². The Hall–Kier alpha value is -1.09. The summed E-state index contributed by atoms with van der Waals surface area (Å²) >= 11 is 5.91. The van der Waals surface area contributed by atoms with E-state index in [-0.39, 0.29) is 5.82 Å². The Balaban J connectivity index is 2.09. The van der Waals surface area contributed by atoms with E-state index < -0.39 is 0 Å². The smallest absolute Gasteiger partial charge is 0.125 e. The molecule has 2 aromatic rings. The summed E-state index contributed by atoms with van der Waals surface area (Å²) in [6, 6.07) is 5.29. The molecule has 0 N–H and O–H groups in total. The van der Waals surface area contributed by atoms with Gasteiger partial charge < -0.3 is 4.57 Å². The first kappa shape index (κ1) is 13.9. The first-order valence-electron chi connectivity index (χ1n) is 7.41. The molecule has 1 aromatic heterocycles. The molecule has 2 atom stereocenters. The monoisotopic (exact) mass is 294 g/mol. The summed E-state index contributed by atoms with van der Waals surface area (Å²) in [4.78, 5) is 4.66. The van der Waals surface area contributed by atoms with Crippen LogP contribution in [0.1, 0.15) is 44.5 Å². The number of nitrogens with zero attached hydrogens (tertiary/aromatic N) is 2. The predicted molar refractivity (Wildman–Crippen MR) is 80.8 cm³/mol. The Morgan fingerprint density at radius 1 is 1.40 bits per heavy atom. The molecule has 2 unspecified atom stereocenters. The van der Waals surface area contributed by atoms with Gasteiger partial charge in [0.25, 0.3) is 0 Å². The van der Waals surface area contributed by atoms with Crippen LogP contribution in [0.5, 0.6) is 0 Å². The fourth-order valence-electron chi connectivity index (χ4n) is 3.42. The molecule has 2 nitrogen and oxygen atoms in total. The number of hydrogen-bond donors (Lipinski definition) is 0. The van der Waals surface area contributed by atoms with Crippen molar-refractivity contribution in [1.29, 1.82) is 0 Å². The van der Waals surface area contributed by atoms with Gasteiger partial charge in [0, 0.05) is 18.3 Å². The number of halogens is 2. The van der Waals surface area contributed by atoms with E-state index in [2.05, 4.69) is 16.5 Å². The molecule has 0 radical (unpaired) electrons. The van der Waals surface area contributed by atoms with E-state index in [9.17, 15) is 4.39 Å². The van der Waals surface area contributed by atoms with Gasteiger partial charge in [-0.2, -0.15) is 0 Å². The number of imidazole rings is 1. The molecule has 4 heteroatoms. The number of aryl methyl sites for hydroxylation is 1. The molecule has 1 saturated carbocycles. The second-order valence-electron chi connectivity index (χ2n) is 5.90. The average Bonchev–Trinajstić information content (AvgIpc) is 2.76. The van der Waals surface area contributed by atoms with E-state index in [1.54, 1.807) is 12.1 Å². The largest absolute Gasteiger partial charge is 0.325 e. The fraction of sp³-hybridized carbons (Fsp3) is 0.562. The number of rotatable bonds is 3. The molecule has 0 aliphatic heterocycles. The maximum absolute atomic E-state index is 13.6. The number of fused-ring (bicyclic) bond motifs is 1. The first-order chi connectivity index (χ1) is 9.69. The molecule has 108 valence electrons. The molecule has 1 aromatic carbocycles. The first-order valence-corrected chi connectivity index (χ1v) is 7.95. The van der Waals surface area contributed by atoms with Crippen molar-refractivity contribution in [2.24, 2.45) is 5.92 Å².